The molecule has 9 heteroatoms. The molecule has 0 radical (unpaired) electrons. The van der Waals surface area contributed by atoms with Gasteiger partial charge in [0.25, 0.3) is 0 Å². The second kappa shape index (κ2) is 8.19. The molecule has 6 N–H and O–H groups in total. The molecule has 2 amide bonds. The lowest BCUT2D eigenvalue weighted by atomic mass is 10.1. The van der Waals surface area contributed by atoms with Crippen molar-refractivity contribution in [2.24, 2.45) is 10.7 Å². The van der Waals surface area contributed by atoms with Gasteiger partial charge in [-0.15, -0.1) is 0 Å². The lowest BCUT2D eigenvalue weighted by Gasteiger charge is -2.12. The van der Waals surface area contributed by atoms with E-state index in [1.165, 1.54) is 0 Å². The van der Waals surface area contributed by atoms with Gasteiger partial charge in [-0.1, -0.05) is 17.7 Å². The Bertz CT molecular complexity index is 1150. The van der Waals surface area contributed by atoms with E-state index in [2.05, 4.69) is 15.0 Å². The number of amides is 2. The number of anilines is 1. The molecule has 9 nitrogen and oxygen atoms in total. The van der Waals surface area contributed by atoms with Crippen molar-refractivity contribution in [3.8, 4) is 5.69 Å². The van der Waals surface area contributed by atoms with E-state index < -0.39 is 6.03 Å². The summed E-state index contributed by atoms with van der Waals surface area (Å²) < 4.78 is 3.70. The van der Waals surface area contributed by atoms with Gasteiger partial charge in [0, 0.05) is 18.6 Å². The first-order chi connectivity index (χ1) is 14.8. The number of carbonyl (C=O) groups is 1. The zero-order valence-corrected chi connectivity index (χ0v) is 17.5. The van der Waals surface area contributed by atoms with E-state index in [-0.39, 0.29) is 6.10 Å². The van der Waals surface area contributed by atoms with E-state index in [9.17, 15) is 9.90 Å². The third kappa shape index (κ3) is 4.26. The summed E-state index contributed by atoms with van der Waals surface area (Å²) >= 11 is 0. The van der Waals surface area contributed by atoms with Crippen molar-refractivity contribution in [1.82, 2.24) is 15.1 Å². The zero-order chi connectivity index (χ0) is 22.1. The minimum atomic E-state index is -0.685. The van der Waals surface area contributed by atoms with Gasteiger partial charge in [0.2, 0.25) is 5.71 Å². The number of hydrogen-bond acceptors (Lipinski definition) is 5. The standard InChI is InChI=1S/C22H25N7O2/c1-13-3-5-15(6-4-13)29-21(23)20(14(2)27-29)25-18-8-7-16(11-19(18)26-22(24)31)28-10-9-17(30)12-28/h3-8,11,17,30H,9-10,12H2,1-2H3,(H4,23,24,26,27,31)/p+1. The molecule has 2 heterocycles. The van der Waals surface area contributed by atoms with Crippen LogP contribution in [0.3, 0.4) is 0 Å². The topological polar surface area (TPSA) is 135 Å². The van der Waals surface area contributed by atoms with E-state index in [4.69, 9.17) is 16.5 Å². The number of aryl methyl sites for hydroxylation is 2. The Kier molecular flexibility index (Phi) is 5.43. The maximum atomic E-state index is 11.6. The highest BCUT2D eigenvalue weighted by Gasteiger charge is 2.27. The molecule has 0 bridgehead atoms. The lowest BCUT2D eigenvalue weighted by Crippen LogP contribution is -2.34. The van der Waals surface area contributed by atoms with Crippen LogP contribution in [-0.4, -0.2) is 56.1 Å². The number of carbonyl (C=O) groups excluding carboxylic acids is 1. The Morgan fingerprint density at radius 1 is 1.29 bits per heavy atom. The number of nitrogens with one attached hydrogen (secondary N) is 1. The molecular weight excluding hydrogens is 394 g/mol. The average molecular weight is 420 g/mol. The van der Waals surface area contributed by atoms with Gasteiger partial charge in [0.1, 0.15) is 18.3 Å². The highest BCUT2D eigenvalue weighted by molar-refractivity contribution is 6.21. The van der Waals surface area contributed by atoms with Gasteiger partial charge in [0.05, 0.1) is 22.8 Å². The molecule has 1 fully saturated rings. The number of rotatable bonds is 3. The maximum absolute atomic E-state index is 11.6. The van der Waals surface area contributed by atoms with Crippen LogP contribution >= 0.6 is 0 Å². The number of aliphatic hydroxyl groups is 1. The fourth-order valence-electron chi connectivity index (χ4n) is 3.71. The van der Waals surface area contributed by atoms with Crippen molar-refractivity contribution in [1.29, 1.82) is 0 Å². The van der Waals surface area contributed by atoms with E-state index in [0.29, 0.717) is 41.6 Å². The quantitative estimate of drug-likeness (QED) is 0.442. The number of allylic oxidation sites excluding steroid dienone is 3. The number of hydrogen-bond donors (Lipinski definition) is 4. The summed E-state index contributed by atoms with van der Waals surface area (Å²) in [6, 6.07) is 7.19. The predicted molar refractivity (Wildman–Crippen MR) is 120 cm³/mol. The van der Waals surface area contributed by atoms with Crippen LogP contribution in [0.15, 0.2) is 53.2 Å². The molecule has 0 spiro atoms. The van der Waals surface area contributed by atoms with Crippen molar-refractivity contribution in [2.75, 3.05) is 18.8 Å². The van der Waals surface area contributed by atoms with Crippen LogP contribution in [-0.2, 0) is 0 Å². The summed E-state index contributed by atoms with van der Waals surface area (Å²) in [5, 5.41) is 17.0. The maximum Gasteiger partial charge on any atom is 0.316 e. The third-order valence-corrected chi connectivity index (χ3v) is 5.34. The molecule has 1 atom stereocenters. The van der Waals surface area contributed by atoms with E-state index in [0.717, 1.165) is 23.5 Å². The minimum absolute atomic E-state index is 0.355. The van der Waals surface area contributed by atoms with Crippen LogP contribution in [0.2, 0.25) is 0 Å². The van der Waals surface area contributed by atoms with Crippen LogP contribution in [0, 0.1) is 13.8 Å². The molecule has 1 aliphatic heterocycles. The second-order valence-electron chi connectivity index (χ2n) is 7.76. The number of nitrogens with two attached hydrogens (primary N) is 2. The number of nitrogen functional groups attached to an aromatic ring is 1. The number of primary amides is 1. The smallest absolute Gasteiger partial charge is 0.316 e. The van der Waals surface area contributed by atoms with Gasteiger partial charge in [-0.25, -0.2) is 19.0 Å². The largest absolute Gasteiger partial charge is 0.386 e. The second-order valence-corrected chi connectivity index (χ2v) is 7.76. The number of β-amino-alcohol motifs (C(OH)–C–C–N with tert-alkyl or cyclic N) is 1. The van der Waals surface area contributed by atoms with E-state index in [1.807, 2.05) is 44.2 Å². The highest BCUT2D eigenvalue weighted by atomic mass is 16.3. The number of urea groups is 1. The van der Waals surface area contributed by atoms with Crippen LogP contribution in [0.1, 0.15) is 17.7 Å². The van der Waals surface area contributed by atoms with Gasteiger partial charge >= 0.3 is 6.03 Å². The SMILES string of the molecule is Cc1ccc(-n2nc(C)c(N=C3C=CC(=[N+]4CCC(O)C4)C=C3NC(N)=O)c2N)cc1. The zero-order valence-electron chi connectivity index (χ0n) is 17.5. The first-order valence-corrected chi connectivity index (χ1v) is 10.1. The number of nitrogens with zero attached hydrogens (tertiary/aromatic N) is 4. The predicted octanol–water partition coefficient (Wildman–Crippen LogP) is 1.48. The number of benzene rings is 1. The fraction of sp³-hybridized carbons (Fsp3) is 0.273. The number of aliphatic imine (C=N–C) groups is 1. The lowest BCUT2D eigenvalue weighted by molar-refractivity contribution is -0.508. The molecule has 1 aromatic heterocycles. The Morgan fingerprint density at radius 3 is 2.68 bits per heavy atom. The summed E-state index contributed by atoms with van der Waals surface area (Å²) in [5.41, 5.74) is 16.8. The van der Waals surface area contributed by atoms with Gasteiger partial charge < -0.3 is 21.9 Å². The molecule has 0 saturated carbocycles. The Balaban J connectivity index is 1.73. The van der Waals surface area contributed by atoms with Crippen molar-refractivity contribution < 1.29 is 14.5 Å². The number of aromatic nitrogens is 2. The summed E-state index contributed by atoms with van der Waals surface area (Å²) in [7, 11) is 0. The molecule has 2 aliphatic rings. The average Bonchev–Trinajstić information content (AvgIpc) is 3.28. The fourth-order valence-corrected chi connectivity index (χ4v) is 3.71. The van der Waals surface area contributed by atoms with Crippen LogP contribution in [0.25, 0.3) is 5.69 Å². The minimum Gasteiger partial charge on any atom is -0.386 e. The summed E-state index contributed by atoms with van der Waals surface area (Å²) in [5.74, 6) is 0.401. The van der Waals surface area contributed by atoms with Gasteiger partial charge in [0.15, 0.2) is 12.4 Å². The van der Waals surface area contributed by atoms with Crippen molar-refractivity contribution >= 4 is 29.0 Å². The molecule has 1 aromatic carbocycles. The van der Waals surface area contributed by atoms with Gasteiger partial charge in [-0.2, -0.15) is 5.10 Å². The van der Waals surface area contributed by atoms with E-state index >= 15 is 0 Å². The Labute approximate surface area is 180 Å². The molecule has 2 aromatic rings. The third-order valence-electron chi connectivity index (χ3n) is 5.34. The molecule has 160 valence electrons. The first kappa shape index (κ1) is 20.5. The van der Waals surface area contributed by atoms with Crippen LogP contribution in [0.4, 0.5) is 16.3 Å². The van der Waals surface area contributed by atoms with Crippen LogP contribution in [0.5, 0.6) is 0 Å². The van der Waals surface area contributed by atoms with E-state index in [1.54, 1.807) is 16.8 Å². The first-order valence-electron chi connectivity index (χ1n) is 10.1. The van der Waals surface area contributed by atoms with Crippen molar-refractivity contribution in [3.63, 3.8) is 0 Å². The monoisotopic (exact) mass is 420 g/mol. The normalized spacial score (nSPS) is 22.1. The summed E-state index contributed by atoms with van der Waals surface area (Å²) in [4.78, 5) is 16.3. The highest BCUT2D eigenvalue weighted by Crippen LogP contribution is 2.30. The van der Waals surface area contributed by atoms with Gasteiger partial charge in [-0.05, 0) is 32.1 Å². The molecular formula is C22H26N7O2+. The van der Waals surface area contributed by atoms with Crippen LogP contribution < -0.4 is 16.8 Å². The Hall–Kier alpha value is -3.72. The van der Waals surface area contributed by atoms with Crippen molar-refractivity contribution in [2.45, 2.75) is 26.4 Å². The molecule has 1 aliphatic carbocycles. The summed E-state index contributed by atoms with van der Waals surface area (Å²) in [6.45, 7) is 5.13. The summed E-state index contributed by atoms with van der Waals surface area (Å²) in [6.07, 6.45) is 5.86. The molecule has 1 unspecified atom stereocenters. The Morgan fingerprint density at radius 2 is 2.03 bits per heavy atom. The molecule has 31 heavy (non-hydrogen) atoms. The molecule has 1 saturated heterocycles. The van der Waals surface area contributed by atoms with Gasteiger partial charge in [-0.3, -0.25) is 0 Å². The number of aliphatic hydroxyl groups excluding tert-OH is 1. The molecule has 4 rings (SSSR count). The van der Waals surface area contributed by atoms with Crippen molar-refractivity contribution in [3.05, 3.63) is 59.4 Å².